The van der Waals surface area contributed by atoms with E-state index in [1.807, 2.05) is 11.1 Å². The van der Waals surface area contributed by atoms with Gasteiger partial charge in [-0.1, -0.05) is 26.2 Å². The quantitative estimate of drug-likeness (QED) is 0.434. The Hall–Kier alpha value is -2.19. The number of aliphatic hydroxyl groups is 1. The van der Waals surface area contributed by atoms with Crippen LogP contribution in [0, 0.1) is 5.92 Å². The molecule has 1 atom stereocenters. The molecule has 1 saturated heterocycles. The predicted molar refractivity (Wildman–Crippen MR) is 150 cm³/mol. The third kappa shape index (κ3) is 6.33. The number of morpholine rings is 1. The van der Waals surface area contributed by atoms with Crippen molar-refractivity contribution in [3.8, 4) is 0 Å². The molecule has 0 bridgehead atoms. The van der Waals surface area contributed by atoms with Crippen molar-refractivity contribution in [2.24, 2.45) is 5.92 Å². The third-order valence-electron chi connectivity index (χ3n) is 9.15. The van der Waals surface area contributed by atoms with Crippen LogP contribution in [0.5, 0.6) is 0 Å². The van der Waals surface area contributed by atoms with Crippen LogP contribution in [-0.4, -0.2) is 69.0 Å². The van der Waals surface area contributed by atoms with Gasteiger partial charge in [-0.3, -0.25) is 4.79 Å². The van der Waals surface area contributed by atoms with E-state index in [2.05, 4.69) is 29.7 Å². The highest BCUT2D eigenvalue weighted by Crippen LogP contribution is 2.42. The first-order chi connectivity index (χ1) is 18.5. The Morgan fingerprint density at radius 3 is 2.50 bits per heavy atom. The van der Waals surface area contributed by atoms with Gasteiger partial charge in [0.15, 0.2) is 0 Å². The average Bonchev–Trinajstić information content (AvgIpc) is 3.32. The normalized spacial score (nSPS) is 27.4. The molecule has 0 radical (unpaired) electrons. The van der Waals surface area contributed by atoms with Crippen LogP contribution >= 0.6 is 0 Å². The molecule has 8 nitrogen and oxygen atoms in total. The minimum atomic E-state index is -0.174. The summed E-state index contributed by atoms with van der Waals surface area (Å²) in [5, 5.41) is 18.7. The van der Waals surface area contributed by atoms with Crippen LogP contribution in [0.3, 0.4) is 0 Å². The second kappa shape index (κ2) is 12.8. The van der Waals surface area contributed by atoms with E-state index in [9.17, 15) is 9.90 Å². The molecule has 2 N–H and O–H groups in total. The Bertz CT molecular complexity index is 1050. The fourth-order valence-corrected chi connectivity index (χ4v) is 6.78. The summed E-state index contributed by atoms with van der Waals surface area (Å²) in [6, 6.07) is 2.72. The van der Waals surface area contributed by atoms with Gasteiger partial charge in [-0.25, -0.2) is 9.50 Å². The van der Waals surface area contributed by atoms with E-state index in [-0.39, 0.29) is 12.0 Å². The molecule has 2 aromatic rings. The Balaban J connectivity index is 1.33. The number of rotatable bonds is 9. The summed E-state index contributed by atoms with van der Waals surface area (Å²) in [6.07, 6.45) is 14.3. The summed E-state index contributed by atoms with van der Waals surface area (Å²) in [5.41, 5.74) is 3.71. The van der Waals surface area contributed by atoms with Gasteiger partial charge in [0, 0.05) is 36.7 Å². The van der Waals surface area contributed by atoms with Gasteiger partial charge >= 0.3 is 0 Å². The van der Waals surface area contributed by atoms with Gasteiger partial charge in [0.25, 0.3) is 0 Å². The van der Waals surface area contributed by atoms with Crippen molar-refractivity contribution in [3.63, 3.8) is 0 Å². The molecular weight excluding hydrogens is 478 g/mol. The van der Waals surface area contributed by atoms with Gasteiger partial charge in [0.2, 0.25) is 11.9 Å². The highest BCUT2D eigenvalue weighted by molar-refractivity contribution is 5.79. The molecule has 210 valence electrons. The lowest BCUT2D eigenvalue weighted by Crippen LogP contribution is -2.44. The summed E-state index contributed by atoms with van der Waals surface area (Å²) in [6.45, 7) is 7.23. The van der Waals surface area contributed by atoms with E-state index in [0.29, 0.717) is 42.9 Å². The molecule has 0 aromatic carbocycles. The minimum absolute atomic E-state index is 0.138. The first-order valence-corrected chi connectivity index (χ1v) is 15.2. The number of hydrogen-bond donors (Lipinski definition) is 2. The van der Waals surface area contributed by atoms with Crippen molar-refractivity contribution >= 4 is 17.4 Å². The monoisotopic (exact) mass is 525 g/mol. The van der Waals surface area contributed by atoms with Crippen molar-refractivity contribution in [1.29, 1.82) is 0 Å². The summed E-state index contributed by atoms with van der Waals surface area (Å²) < 4.78 is 7.59. The molecule has 1 aliphatic heterocycles. The van der Waals surface area contributed by atoms with Crippen LogP contribution in [0.15, 0.2) is 12.3 Å². The second-order valence-electron chi connectivity index (χ2n) is 11.9. The maximum atomic E-state index is 13.1. The van der Waals surface area contributed by atoms with E-state index >= 15 is 0 Å². The van der Waals surface area contributed by atoms with Gasteiger partial charge in [-0.2, -0.15) is 0 Å². The largest absolute Gasteiger partial charge is 0.393 e. The highest BCUT2D eigenvalue weighted by atomic mass is 16.5. The SMILES string of the molecule is CCCCC[C@H](C)Nc1ncc2c([C@H]3CC[C@H](C(=O)N4CCOCC4)CC3)cc([C@H]3CC[C@H](O)CC3)n2n1. The molecule has 1 amide bonds. The van der Waals surface area contributed by atoms with Crippen molar-refractivity contribution in [2.75, 3.05) is 31.6 Å². The smallest absolute Gasteiger partial charge is 0.241 e. The predicted octanol–water partition coefficient (Wildman–Crippen LogP) is 5.26. The molecule has 3 heterocycles. The minimum Gasteiger partial charge on any atom is -0.393 e. The first kappa shape index (κ1) is 27.4. The molecule has 3 aliphatic rings. The van der Waals surface area contributed by atoms with Crippen molar-refractivity contribution in [1.82, 2.24) is 19.5 Å². The summed E-state index contributed by atoms with van der Waals surface area (Å²) in [4.78, 5) is 19.8. The maximum Gasteiger partial charge on any atom is 0.241 e. The number of unbranched alkanes of at least 4 members (excludes halogenated alkanes) is 2. The van der Waals surface area contributed by atoms with Crippen LogP contribution in [-0.2, 0) is 9.53 Å². The maximum absolute atomic E-state index is 13.1. The van der Waals surface area contributed by atoms with Gasteiger partial charge in [-0.05, 0) is 82.3 Å². The van der Waals surface area contributed by atoms with Crippen LogP contribution < -0.4 is 5.32 Å². The number of ether oxygens (including phenoxy) is 1. The molecule has 8 heteroatoms. The lowest BCUT2D eigenvalue weighted by molar-refractivity contribution is -0.140. The number of fused-ring (bicyclic) bond motifs is 1. The molecule has 2 saturated carbocycles. The van der Waals surface area contributed by atoms with Crippen LogP contribution in [0.1, 0.15) is 114 Å². The lowest BCUT2D eigenvalue weighted by atomic mass is 9.78. The van der Waals surface area contributed by atoms with Crippen LogP contribution in [0.25, 0.3) is 5.52 Å². The number of aliphatic hydroxyl groups excluding tert-OH is 1. The summed E-state index contributed by atoms with van der Waals surface area (Å²) in [7, 11) is 0. The van der Waals surface area contributed by atoms with E-state index in [1.165, 1.54) is 30.5 Å². The van der Waals surface area contributed by atoms with Crippen molar-refractivity contribution in [3.05, 3.63) is 23.5 Å². The fraction of sp³-hybridized carbons (Fsp3) is 0.767. The zero-order valence-corrected chi connectivity index (χ0v) is 23.4. The molecule has 2 aromatic heterocycles. The molecular formula is C30H47N5O3. The topological polar surface area (TPSA) is 92.0 Å². The number of carbonyl (C=O) groups excluding carboxylic acids is 1. The van der Waals surface area contributed by atoms with Crippen LogP contribution in [0.2, 0.25) is 0 Å². The van der Waals surface area contributed by atoms with Gasteiger partial charge in [-0.15, -0.1) is 5.10 Å². The number of amides is 1. The molecule has 0 spiro atoms. The van der Waals surface area contributed by atoms with E-state index in [4.69, 9.17) is 14.8 Å². The fourth-order valence-electron chi connectivity index (χ4n) is 6.78. The lowest BCUT2D eigenvalue weighted by Gasteiger charge is -2.34. The van der Waals surface area contributed by atoms with Crippen molar-refractivity contribution in [2.45, 2.75) is 115 Å². The zero-order valence-electron chi connectivity index (χ0n) is 23.4. The number of anilines is 1. The standard InChI is InChI=1S/C30H47N5O3/c1-3-4-5-6-21(2)32-30-31-20-28-26(19-27(35(28)33-30)23-11-13-25(36)14-12-23)22-7-9-24(10-8-22)29(37)34-15-17-38-18-16-34/h19-25,36H,3-18H2,1-2H3,(H,32,33)/t21-,22-,23-,24-,25-/m0/s1. The number of carbonyl (C=O) groups is 1. The van der Waals surface area contributed by atoms with Crippen molar-refractivity contribution < 1.29 is 14.6 Å². The van der Waals surface area contributed by atoms with Gasteiger partial charge in [0.1, 0.15) is 0 Å². The molecule has 0 unspecified atom stereocenters. The Morgan fingerprint density at radius 2 is 1.79 bits per heavy atom. The number of hydrogen-bond acceptors (Lipinski definition) is 6. The second-order valence-corrected chi connectivity index (χ2v) is 11.9. The molecule has 38 heavy (non-hydrogen) atoms. The van der Waals surface area contributed by atoms with Gasteiger partial charge < -0.3 is 20.1 Å². The summed E-state index contributed by atoms with van der Waals surface area (Å²) >= 11 is 0. The number of nitrogens with one attached hydrogen (secondary N) is 1. The zero-order chi connectivity index (χ0) is 26.5. The number of nitrogens with zero attached hydrogens (tertiary/aromatic N) is 4. The van der Waals surface area contributed by atoms with E-state index in [0.717, 1.165) is 76.4 Å². The third-order valence-corrected chi connectivity index (χ3v) is 9.15. The Labute approximate surface area is 227 Å². The molecule has 5 rings (SSSR count). The number of aromatic nitrogens is 3. The first-order valence-electron chi connectivity index (χ1n) is 15.2. The van der Waals surface area contributed by atoms with E-state index < -0.39 is 0 Å². The average molecular weight is 526 g/mol. The van der Waals surface area contributed by atoms with Gasteiger partial charge in [0.05, 0.1) is 31.0 Å². The summed E-state index contributed by atoms with van der Waals surface area (Å²) in [5.74, 6) is 1.99. The molecule has 2 aliphatic carbocycles. The highest BCUT2D eigenvalue weighted by Gasteiger charge is 2.33. The Kier molecular flexibility index (Phi) is 9.20. The molecule has 3 fully saturated rings. The Morgan fingerprint density at radius 1 is 1.08 bits per heavy atom. The van der Waals surface area contributed by atoms with Crippen LogP contribution in [0.4, 0.5) is 5.95 Å². The van der Waals surface area contributed by atoms with E-state index in [1.54, 1.807) is 0 Å².